The second-order valence-electron chi connectivity index (χ2n) is 13.9. The van der Waals surface area contributed by atoms with Gasteiger partial charge in [-0.15, -0.1) is 0 Å². The number of rotatable bonds is 15. The molecule has 8 atom stereocenters. The Morgan fingerprint density at radius 1 is 0.796 bits per heavy atom. The molecule has 0 saturated carbocycles. The molecule has 16 nitrogen and oxygen atoms in total. The summed E-state index contributed by atoms with van der Waals surface area (Å²) in [6, 6.07) is 5.57. The van der Waals surface area contributed by atoms with Crippen LogP contribution >= 0.6 is 0 Å². The molecule has 3 fully saturated rings. The Morgan fingerprint density at radius 2 is 1.41 bits per heavy atom. The van der Waals surface area contributed by atoms with Crippen molar-refractivity contribution in [3.8, 4) is 0 Å². The molecule has 16 heteroatoms. The maximum Gasteiger partial charge on any atom is 0.326 e. The van der Waals surface area contributed by atoms with Crippen LogP contribution in [-0.2, 0) is 54.1 Å². The molecule has 3 aliphatic heterocycles. The maximum absolute atomic E-state index is 13.1. The third-order valence-corrected chi connectivity index (χ3v) is 8.20. The predicted molar refractivity (Wildman–Crippen MR) is 172 cm³/mol. The molecule has 4 rings (SSSR count). The van der Waals surface area contributed by atoms with E-state index in [1.807, 2.05) is 13.8 Å². The van der Waals surface area contributed by atoms with E-state index in [2.05, 4.69) is 21.3 Å². The van der Waals surface area contributed by atoms with Gasteiger partial charge in [0.15, 0.2) is 17.9 Å². The Balaban J connectivity index is 1.26. The standard InChI is InChI=1S/C33H49N5O11/c1-17(2)12-21(30(43)44)38-29(42)20(13-18-10-8-7-9-11-18)37-24(40)16-35-23(39)15-36-28(41)19(34)14-22-25-26(47-32(3,4)46-25)27-31(45-22)49-33(5,6)48-27/h7-11,17,19-22,25-27,31H,12-16,34H2,1-6H3,(H,35,39)(H,36,41)(H,37,40)(H,38,42)(H,43,44)/t19-,20-,21-,22+,25-,26-,27+,31+/m0/s1. The van der Waals surface area contributed by atoms with E-state index >= 15 is 0 Å². The van der Waals surface area contributed by atoms with Gasteiger partial charge in [0.2, 0.25) is 23.6 Å². The zero-order valence-corrected chi connectivity index (χ0v) is 28.7. The van der Waals surface area contributed by atoms with E-state index in [9.17, 15) is 29.1 Å². The Hall–Kier alpha value is -3.67. The van der Waals surface area contributed by atoms with E-state index in [1.165, 1.54) is 0 Å². The van der Waals surface area contributed by atoms with Gasteiger partial charge in [-0.2, -0.15) is 0 Å². The third-order valence-electron chi connectivity index (χ3n) is 8.20. The molecular weight excluding hydrogens is 642 g/mol. The molecule has 49 heavy (non-hydrogen) atoms. The highest BCUT2D eigenvalue weighted by atomic mass is 16.9. The van der Waals surface area contributed by atoms with Crippen LogP contribution in [0.5, 0.6) is 0 Å². The normalized spacial score (nSPS) is 26.8. The van der Waals surface area contributed by atoms with Crippen LogP contribution in [-0.4, -0.2) is 108 Å². The number of nitrogens with one attached hydrogen (secondary N) is 4. The molecule has 4 amide bonds. The lowest BCUT2D eigenvalue weighted by Crippen LogP contribution is -2.57. The van der Waals surface area contributed by atoms with Crippen molar-refractivity contribution >= 4 is 29.6 Å². The topological polar surface area (TPSA) is 226 Å². The quantitative estimate of drug-likeness (QED) is 0.139. The van der Waals surface area contributed by atoms with E-state index in [-0.39, 0.29) is 25.2 Å². The van der Waals surface area contributed by atoms with Crippen molar-refractivity contribution in [3.63, 3.8) is 0 Å². The Morgan fingerprint density at radius 3 is 2.06 bits per heavy atom. The highest BCUT2D eigenvalue weighted by Gasteiger charge is 2.60. The van der Waals surface area contributed by atoms with Crippen LogP contribution in [0.15, 0.2) is 30.3 Å². The zero-order chi connectivity index (χ0) is 36.1. The average molecular weight is 692 g/mol. The van der Waals surface area contributed by atoms with E-state index in [1.54, 1.807) is 58.0 Å². The van der Waals surface area contributed by atoms with Crippen molar-refractivity contribution in [2.24, 2.45) is 11.7 Å². The minimum atomic E-state index is -1.18. The Bertz CT molecular complexity index is 1360. The van der Waals surface area contributed by atoms with Crippen LogP contribution < -0.4 is 27.0 Å². The van der Waals surface area contributed by atoms with Gasteiger partial charge in [0.25, 0.3) is 0 Å². The average Bonchev–Trinajstić information content (AvgIpc) is 3.52. The molecule has 0 aromatic heterocycles. The highest BCUT2D eigenvalue weighted by Crippen LogP contribution is 2.44. The molecule has 3 aliphatic rings. The van der Waals surface area contributed by atoms with Crippen molar-refractivity contribution in [1.29, 1.82) is 0 Å². The van der Waals surface area contributed by atoms with Gasteiger partial charge >= 0.3 is 5.97 Å². The number of ether oxygens (including phenoxy) is 5. The summed E-state index contributed by atoms with van der Waals surface area (Å²) in [5.41, 5.74) is 6.93. The van der Waals surface area contributed by atoms with Gasteiger partial charge in [-0.05, 0) is 45.6 Å². The molecule has 0 radical (unpaired) electrons. The first kappa shape index (κ1) is 38.1. The fraction of sp³-hybridized carbons (Fsp3) is 0.667. The van der Waals surface area contributed by atoms with E-state index < -0.39 is 103 Å². The van der Waals surface area contributed by atoms with Crippen molar-refractivity contribution in [2.75, 3.05) is 13.1 Å². The Labute approximate surface area is 285 Å². The number of carboxylic acids is 1. The van der Waals surface area contributed by atoms with Crippen LogP contribution in [0.25, 0.3) is 0 Å². The van der Waals surface area contributed by atoms with E-state index in [0.717, 1.165) is 5.56 Å². The summed E-state index contributed by atoms with van der Waals surface area (Å²) in [5, 5.41) is 19.5. The largest absolute Gasteiger partial charge is 0.480 e. The fourth-order valence-electron chi connectivity index (χ4n) is 6.05. The van der Waals surface area contributed by atoms with Crippen LogP contribution in [0.3, 0.4) is 0 Å². The summed E-state index contributed by atoms with van der Waals surface area (Å²) >= 11 is 0. The molecule has 7 N–H and O–H groups in total. The number of hydrogen-bond acceptors (Lipinski definition) is 11. The molecular formula is C33H49N5O11. The van der Waals surface area contributed by atoms with E-state index in [4.69, 9.17) is 29.4 Å². The summed E-state index contributed by atoms with van der Waals surface area (Å²) < 4.78 is 30.1. The number of carbonyl (C=O) groups is 5. The maximum atomic E-state index is 13.1. The minimum absolute atomic E-state index is 0.00196. The number of carbonyl (C=O) groups excluding carboxylic acids is 4. The molecule has 0 unspecified atom stereocenters. The molecule has 272 valence electrons. The van der Waals surface area contributed by atoms with Crippen LogP contribution in [0.4, 0.5) is 0 Å². The van der Waals surface area contributed by atoms with Gasteiger partial charge in [-0.25, -0.2) is 4.79 Å². The van der Waals surface area contributed by atoms with Crippen molar-refractivity contribution in [3.05, 3.63) is 35.9 Å². The van der Waals surface area contributed by atoms with Crippen molar-refractivity contribution in [2.45, 2.75) is 121 Å². The summed E-state index contributed by atoms with van der Waals surface area (Å²) in [4.78, 5) is 63.0. The van der Waals surface area contributed by atoms with Crippen LogP contribution in [0, 0.1) is 5.92 Å². The van der Waals surface area contributed by atoms with Gasteiger partial charge in [-0.1, -0.05) is 44.2 Å². The first-order valence-corrected chi connectivity index (χ1v) is 16.5. The number of nitrogens with two attached hydrogens (primary N) is 1. The smallest absolute Gasteiger partial charge is 0.326 e. The number of benzene rings is 1. The lowest BCUT2D eigenvalue weighted by molar-refractivity contribution is -0.235. The van der Waals surface area contributed by atoms with Crippen molar-refractivity contribution in [1.82, 2.24) is 21.3 Å². The lowest BCUT2D eigenvalue weighted by atomic mass is 9.94. The fourth-order valence-corrected chi connectivity index (χ4v) is 6.05. The Kier molecular flexibility index (Phi) is 12.4. The number of aliphatic carboxylic acids is 1. The number of fused-ring (bicyclic) bond motifs is 3. The summed E-state index contributed by atoms with van der Waals surface area (Å²) in [6.07, 6.45) is -2.70. The molecule has 1 aromatic carbocycles. The molecule has 0 spiro atoms. The lowest BCUT2D eigenvalue weighted by Gasteiger charge is -2.38. The molecule has 0 bridgehead atoms. The second-order valence-corrected chi connectivity index (χ2v) is 13.9. The number of carboxylic acid groups (broad SMARTS) is 1. The van der Waals surface area contributed by atoms with Crippen LogP contribution in [0.2, 0.25) is 0 Å². The van der Waals surface area contributed by atoms with Gasteiger partial charge in [0.05, 0.1) is 25.2 Å². The van der Waals surface area contributed by atoms with Gasteiger partial charge < -0.3 is 55.8 Å². The molecule has 1 aromatic rings. The summed E-state index contributed by atoms with van der Waals surface area (Å²) in [7, 11) is 0. The predicted octanol–water partition coefficient (Wildman–Crippen LogP) is -0.324. The summed E-state index contributed by atoms with van der Waals surface area (Å²) in [6.45, 7) is 9.76. The number of amides is 4. The van der Waals surface area contributed by atoms with Gasteiger partial charge in [-0.3, -0.25) is 19.2 Å². The van der Waals surface area contributed by atoms with Crippen LogP contribution in [0.1, 0.15) is 59.9 Å². The van der Waals surface area contributed by atoms with Gasteiger partial charge in [0, 0.05) is 12.8 Å². The minimum Gasteiger partial charge on any atom is -0.480 e. The van der Waals surface area contributed by atoms with Gasteiger partial charge in [0.1, 0.15) is 30.4 Å². The monoisotopic (exact) mass is 691 g/mol. The second kappa shape index (κ2) is 15.9. The SMILES string of the molecule is CC(C)C[C@H](NC(=O)[C@H](Cc1ccccc1)NC(=O)CNC(=O)CNC(=O)[C@@H](N)C[C@H]1O[C@@H]2OC(C)(C)O[C@@H]2[C@H]2OC(C)(C)O[C@H]21)C(=O)O. The first-order chi connectivity index (χ1) is 22.9. The van der Waals surface area contributed by atoms with Crippen molar-refractivity contribution < 1.29 is 52.8 Å². The van der Waals surface area contributed by atoms with E-state index in [0.29, 0.717) is 0 Å². The third kappa shape index (κ3) is 10.7. The highest BCUT2D eigenvalue weighted by molar-refractivity contribution is 5.93. The zero-order valence-electron chi connectivity index (χ0n) is 28.7. The molecule has 3 heterocycles. The molecule has 0 aliphatic carbocycles. The molecule has 3 saturated heterocycles. The summed E-state index contributed by atoms with van der Waals surface area (Å²) in [5.74, 6) is -5.66. The first-order valence-electron chi connectivity index (χ1n) is 16.5. The number of hydrogen-bond donors (Lipinski definition) is 6.